The molecule has 37 heavy (non-hydrogen) atoms. The number of benzene rings is 2. The van der Waals surface area contributed by atoms with Crippen LogP contribution in [0.15, 0.2) is 65.2 Å². The first-order valence-corrected chi connectivity index (χ1v) is 13.6. The molecule has 198 valence electrons. The molecular formula is C30H36ClFN2O3. The summed E-state index contributed by atoms with van der Waals surface area (Å²) in [7, 11) is 0. The maximum absolute atomic E-state index is 13.7. The van der Waals surface area contributed by atoms with Crippen LogP contribution in [0.2, 0.25) is 0 Å². The molecule has 7 rings (SSSR count). The lowest BCUT2D eigenvalue weighted by Crippen LogP contribution is -3.00. The summed E-state index contributed by atoms with van der Waals surface area (Å²) in [6, 6.07) is 18.4. The van der Waals surface area contributed by atoms with Crippen LogP contribution in [0, 0.1) is 17.7 Å². The van der Waals surface area contributed by atoms with Gasteiger partial charge in [-0.25, -0.2) is 4.39 Å². The van der Waals surface area contributed by atoms with Crippen molar-refractivity contribution >= 4 is 0 Å². The average molecular weight is 527 g/mol. The summed E-state index contributed by atoms with van der Waals surface area (Å²) in [4.78, 5) is 0. The zero-order chi connectivity index (χ0) is 24.6. The molecule has 2 atom stereocenters. The zero-order valence-corrected chi connectivity index (χ0v) is 22.0. The van der Waals surface area contributed by atoms with E-state index < -0.39 is 5.60 Å². The van der Waals surface area contributed by atoms with E-state index >= 15 is 0 Å². The summed E-state index contributed by atoms with van der Waals surface area (Å²) < 4.78 is 26.8. The van der Waals surface area contributed by atoms with Crippen molar-refractivity contribution in [3.8, 4) is 5.75 Å². The second-order valence-electron chi connectivity index (χ2n) is 11.2. The Hall–Kier alpha value is -2.41. The number of piperidine rings is 3. The van der Waals surface area contributed by atoms with Crippen LogP contribution in [0.1, 0.15) is 62.0 Å². The van der Waals surface area contributed by atoms with Crippen LogP contribution in [-0.2, 0) is 12.1 Å². The molecule has 5 nitrogen and oxygen atoms in total. The number of hydrogen-bond donors (Lipinski definition) is 1. The Kier molecular flexibility index (Phi) is 7.62. The van der Waals surface area contributed by atoms with Gasteiger partial charge < -0.3 is 31.3 Å². The highest BCUT2D eigenvalue weighted by Crippen LogP contribution is 2.44. The maximum Gasteiger partial charge on any atom is 0.191 e. The van der Waals surface area contributed by atoms with Gasteiger partial charge in [-0.15, -0.1) is 0 Å². The molecule has 1 aromatic heterocycles. The topological polar surface area (TPSA) is 55.5 Å². The van der Waals surface area contributed by atoms with Gasteiger partial charge in [0.2, 0.25) is 0 Å². The van der Waals surface area contributed by atoms with Gasteiger partial charge >= 0.3 is 0 Å². The van der Waals surface area contributed by atoms with Crippen molar-refractivity contribution < 1.29 is 35.6 Å². The van der Waals surface area contributed by atoms with E-state index in [0.717, 1.165) is 80.5 Å². The molecule has 4 fully saturated rings. The van der Waals surface area contributed by atoms with E-state index in [1.165, 1.54) is 18.6 Å². The summed E-state index contributed by atoms with van der Waals surface area (Å²) >= 11 is 0. The summed E-state index contributed by atoms with van der Waals surface area (Å²) in [5.74, 6) is 1.80. The first-order valence-electron chi connectivity index (χ1n) is 13.6. The van der Waals surface area contributed by atoms with E-state index in [1.807, 2.05) is 42.5 Å². The van der Waals surface area contributed by atoms with E-state index in [4.69, 9.17) is 9.26 Å². The van der Waals surface area contributed by atoms with Crippen LogP contribution in [0.3, 0.4) is 0 Å². The summed E-state index contributed by atoms with van der Waals surface area (Å²) in [5, 5.41) is 16.6. The van der Waals surface area contributed by atoms with Crippen LogP contribution in [0.25, 0.3) is 0 Å². The number of quaternary nitrogens is 1. The fourth-order valence-corrected chi connectivity index (χ4v) is 6.99. The van der Waals surface area contributed by atoms with Gasteiger partial charge in [-0.2, -0.15) is 0 Å². The maximum atomic E-state index is 13.7. The highest BCUT2D eigenvalue weighted by atomic mass is 35.5. The number of halogens is 2. The quantitative estimate of drug-likeness (QED) is 0.481. The van der Waals surface area contributed by atoms with Gasteiger partial charge in [-0.3, -0.25) is 0 Å². The van der Waals surface area contributed by atoms with Crippen LogP contribution >= 0.6 is 0 Å². The number of rotatable bonds is 7. The Balaban J connectivity index is 0.00000280. The van der Waals surface area contributed by atoms with E-state index in [2.05, 4.69) is 5.16 Å². The third kappa shape index (κ3) is 5.16. The number of fused-ring (bicyclic) bond motifs is 3. The average Bonchev–Trinajstić information content (AvgIpc) is 3.38. The lowest BCUT2D eigenvalue weighted by molar-refractivity contribution is -0.959. The number of aromatic nitrogens is 1. The highest BCUT2D eigenvalue weighted by molar-refractivity contribution is 5.33. The molecule has 1 N–H and O–H groups in total. The van der Waals surface area contributed by atoms with Crippen molar-refractivity contribution in [2.24, 2.45) is 11.8 Å². The summed E-state index contributed by atoms with van der Waals surface area (Å²) in [6.07, 6.45) is 7.75. The van der Waals surface area contributed by atoms with Gasteiger partial charge in [0.05, 0.1) is 13.1 Å². The molecule has 7 heteroatoms. The Morgan fingerprint density at radius 1 is 0.973 bits per heavy atom. The molecule has 1 unspecified atom stereocenters. The molecule has 0 radical (unpaired) electrons. The Morgan fingerprint density at radius 3 is 2.46 bits per heavy atom. The van der Waals surface area contributed by atoms with Crippen LogP contribution in [0.4, 0.5) is 4.39 Å². The molecule has 4 heterocycles. The largest absolute Gasteiger partial charge is 1.00 e. The predicted molar refractivity (Wildman–Crippen MR) is 135 cm³/mol. The Bertz CT molecular complexity index is 1170. The molecule has 1 saturated carbocycles. The third-order valence-electron chi connectivity index (χ3n) is 8.98. The van der Waals surface area contributed by atoms with Crippen molar-refractivity contribution in [3.05, 3.63) is 83.5 Å². The van der Waals surface area contributed by atoms with Gasteiger partial charge in [-0.1, -0.05) is 60.8 Å². The first kappa shape index (κ1) is 26.2. The Labute approximate surface area is 224 Å². The summed E-state index contributed by atoms with van der Waals surface area (Å²) in [6.45, 7) is 3.77. The van der Waals surface area contributed by atoms with Crippen molar-refractivity contribution in [1.29, 1.82) is 0 Å². The van der Waals surface area contributed by atoms with E-state index in [0.29, 0.717) is 17.4 Å². The monoisotopic (exact) mass is 526 g/mol. The van der Waals surface area contributed by atoms with Gasteiger partial charge in [0.1, 0.15) is 36.0 Å². The second kappa shape index (κ2) is 10.8. The van der Waals surface area contributed by atoms with Crippen LogP contribution in [-0.4, -0.2) is 40.5 Å². The molecular weight excluding hydrogens is 491 g/mol. The van der Waals surface area contributed by atoms with Gasteiger partial charge in [0, 0.05) is 30.9 Å². The normalized spacial score (nSPS) is 27.3. The lowest BCUT2D eigenvalue weighted by Gasteiger charge is -2.51. The highest BCUT2D eigenvalue weighted by Gasteiger charge is 2.48. The number of hydrogen-bond acceptors (Lipinski definition) is 4. The molecule has 1 aliphatic carbocycles. The molecule has 3 aromatic rings. The van der Waals surface area contributed by atoms with E-state index in [9.17, 15) is 9.50 Å². The fraction of sp³-hybridized carbons (Fsp3) is 0.500. The molecule has 3 saturated heterocycles. The number of aliphatic hydroxyl groups is 1. The molecule has 2 bridgehead atoms. The zero-order valence-electron chi connectivity index (χ0n) is 21.2. The van der Waals surface area contributed by atoms with Crippen LogP contribution in [0.5, 0.6) is 5.75 Å². The standard InChI is InChI=1S/C30H36FN2O3.ClH/c31-25-12-7-13-26(18-25)35-28-21-33(16-14-22(28)15-17-33)20-27-19-29(32-36-27)30(34,23-8-3-1-4-9-23)24-10-5-2-6-11-24;/h1,3-4,7-9,12-13,18-19,22,24,28,34H,2,5-6,10-11,14-17,20-21H2;1H/q+1;/p-1/t22?,28?,30-,33?;/m0./s1. The SMILES string of the molecule is O[C@](c1ccccc1)(c1cc(C[N+]23CCC(CC2)C(Oc2cccc(F)c2)C3)on1)C1CCCCC1.[Cl-]. The molecule has 0 amide bonds. The minimum Gasteiger partial charge on any atom is -1.00 e. The predicted octanol–water partition coefficient (Wildman–Crippen LogP) is 2.82. The Morgan fingerprint density at radius 2 is 1.73 bits per heavy atom. The van der Waals surface area contributed by atoms with Gasteiger partial charge in [0.25, 0.3) is 0 Å². The minimum atomic E-state index is -1.14. The van der Waals surface area contributed by atoms with Crippen molar-refractivity contribution in [1.82, 2.24) is 5.16 Å². The lowest BCUT2D eigenvalue weighted by atomic mass is 9.71. The molecule has 3 aliphatic heterocycles. The van der Waals surface area contributed by atoms with Gasteiger partial charge in [-0.05, 0) is 36.5 Å². The smallest absolute Gasteiger partial charge is 0.191 e. The first-order chi connectivity index (χ1) is 17.5. The fourth-order valence-electron chi connectivity index (χ4n) is 6.99. The van der Waals surface area contributed by atoms with Crippen molar-refractivity contribution in [2.75, 3.05) is 19.6 Å². The van der Waals surface area contributed by atoms with Gasteiger partial charge in [0.15, 0.2) is 11.9 Å². The van der Waals surface area contributed by atoms with Crippen molar-refractivity contribution in [3.63, 3.8) is 0 Å². The third-order valence-corrected chi connectivity index (χ3v) is 8.98. The second-order valence-corrected chi connectivity index (χ2v) is 11.2. The summed E-state index contributed by atoms with van der Waals surface area (Å²) in [5.41, 5.74) is 0.390. The van der Waals surface area contributed by atoms with Crippen LogP contribution < -0.4 is 17.1 Å². The molecule has 0 spiro atoms. The minimum absolute atomic E-state index is 0. The molecule has 2 aromatic carbocycles. The van der Waals surface area contributed by atoms with Crippen molar-refractivity contribution in [2.45, 2.75) is 63.2 Å². The number of ether oxygens (including phenoxy) is 1. The van der Waals surface area contributed by atoms with E-state index in [1.54, 1.807) is 6.07 Å². The molecule has 4 aliphatic rings. The van der Waals surface area contributed by atoms with E-state index in [-0.39, 0.29) is 30.2 Å². The number of nitrogens with zero attached hydrogens (tertiary/aromatic N) is 2.